The molecule has 2 aromatic carbocycles. The molecule has 0 saturated heterocycles. The van der Waals surface area contributed by atoms with Crippen molar-refractivity contribution in [3.63, 3.8) is 0 Å². The number of allylic oxidation sites excluding steroid dienone is 2. The van der Waals surface area contributed by atoms with Gasteiger partial charge in [0.25, 0.3) is 0 Å². The third kappa shape index (κ3) is 4.78. The van der Waals surface area contributed by atoms with E-state index >= 15 is 0 Å². The largest absolute Gasteiger partial charge is 0.390 e. The fourth-order valence-corrected chi connectivity index (χ4v) is 4.20. The van der Waals surface area contributed by atoms with E-state index in [0.29, 0.717) is 10.9 Å². The molecule has 30 heavy (non-hydrogen) atoms. The zero-order chi connectivity index (χ0) is 21.7. The number of aryl methyl sites for hydroxylation is 1. The lowest BCUT2D eigenvalue weighted by Crippen LogP contribution is -2.40. The van der Waals surface area contributed by atoms with Crippen molar-refractivity contribution in [2.45, 2.75) is 25.7 Å². The van der Waals surface area contributed by atoms with Gasteiger partial charge in [0.05, 0.1) is 5.69 Å². The zero-order valence-electron chi connectivity index (χ0n) is 18.0. The van der Waals surface area contributed by atoms with Crippen LogP contribution in [0.5, 0.6) is 0 Å². The summed E-state index contributed by atoms with van der Waals surface area (Å²) in [6.07, 6.45) is 6.27. The minimum absolute atomic E-state index is 0.551. The third-order valence-corrected chi connectivity index (χ3v) is 5.71. The van der Waals surface area contributed by atoms with Gasteiger partial charge < -0.3 is 10.6 Å². The van der Waals surface area contributed by atoms with Crippen LogP contribution in [-0.4, -0.2) is 24.3 Å². The first-order valence-electron chi connectivity index (χ1n) is 9.90. The zero-order valence-corrected chi connectivity index (χ0v) is 18.8. The van der Waals surface area contributed by atoms with Crippen molar-refractivity contribution in [1.82, 2.24) is 4.90 Å². The van der Waals surface area contributed by atoms with Crippen LogP contribution >= 0.6 is 11.8 Å². The van der Waals surface area contributed by atoms with Crippen molar-refractivity contribution in [1.29, 1.82) is 0 Å². The number of hydrogen-bond donors (Lipinski definition) is 2. The summed E-state index contributed by atoms with van der Waals surface area (Å²) in [5.74, 6) is 7.84. The number of fused-ring (bicyclic) bond motifs is 1. The molecule has 5 nitrogen and oxygen atoms in total. The molecule has 1 heterocycles. The smallest absolute Gasteiger partial charge is 0.180 e. The molecule has 156 valence electrons. The first-order chi connectivity index (χ1) is 14.4. The SMILES string of the molecule is C/C=C\C(=C/C)CN(C)C1=N/C(=C(/N)Sc2cccc(C)c2)N(N)c2ccccc21. The summed E-state index contributed by atoms with van der Waals surface area (Å²) >= 11 is 1.47. The first-order valence-corrected chi connectivity index (χ1v) is 10.7. The lowest BCUT2D eigenvalue weighted by molar-refractivity contribution is 0.551. The first kappa shape index (κ1) is 21.7. The minimum atomic E-state index is 0.551. The minimum Gasteiger partial charge on any atom is -0.390 e. The highest BCUT2D eigenvalue weighted by atomic mass is 32.2. The van der Waals surface area contributed by atoms with Gasteiger partial charge in [-0.2, -0.15) is 0 Å². The van der Waals surface area contributed by atoms with E-state index < -0.39 is 0 Å². The molecular formula is C24H29N5S. The normalized spacial score (nSPS) is 15.8. The lowest BCUT2D eigenvalue weighted by atomic mass is 10.1. The molecule has 0 atom stereocenters. The fourth-order valence-electron chi connectivity index (χ4n) is 3.32. The summed E-state index contributed by atoms with van der Waals surface area (Å²) in [5, 5.41) is 2.14. The maximum atomic E-state index is 6.49. The van der Waals surface area contributed by atoms with Crippen molar-refractivity contribution < 1.29 is 0 Å². The summed E-state index contributed by atoms with van der Waals surface area (Å²) in [5.41, 5.74) is 10.7. The van der Waals surface area contributed by atoms with Crippen molar-refractivity contribution in [3.05, 3.63) is 94.3 Å². The van der Waals surface area contributed by atoms with Crippen LogP contribution in [0.3, 0.4) is 0 Å². The Bertz CT molecular complexity index is 1040. The number of aliphatic imine (C=N–C) groups is 1. The Balaban J connectivity index is 2.02. The van der Waals surface area contributed by atoms with E-state index in [1.54, 1.807) is 5.01 Å². The number of nitrogens with two attached hydrogens (primary N) is 2. The molecule has 1 aliphatic rings. The van der Waals surface area contributed by atoms with Gasteiger partial charge in [-0.15, -0.1) is 0 Å². The van der Waals surface area contributed by atoms with Crippen molar-refractivity contribution in [2.75, 3.05) is 18.6 Å². The van der Waals surface area contributed by atoms with Crippen molar-refractivity contribution in [2.24, 2.45) is 16.6 Å². The predicted octanol–water partition coefficient (Wildman–Crippen LogP) is 4.77. The van der Waals surface area contributed by atoms with Crippen LogP contribution < -0.4 is 16.6 Å². The molecule has 3 rings (SSSR count). The molecule has 0 fully saturated rings. The van der Waals surface area contributed by atoms with Gasteiger partial charge >= 0.3 is 0 Å². The number of hydrogen-bond acceptors (Lipinski definition) is 6. The summed E-state index contributed by atoms with van der Waals surface area (Å²) in [7, 11) is 2.04. The summed E-state index contributed by atoms with van der Waals surface area (Å²) in [6, 6.07) is 16.2. The number of para-hydroxylation sites is 1. The molecule has 0 radical (unpaired) electrons. The van der Waals surface area contributed by atoms with Crippen LogP contribution in [-0.2, 0) is 0 Å². The average molecular weight is 420 g/mol. The van der Waals surface area contributed by atoms with Crippen molar-refractivity contribution in [3.8, 4) is 0 Å². The van der Waals surface area contributed by atoms with Crippen molar-refractivity contribution >= 4 is 23.3 Å². The number of benzene rings is 2. The highest BCUT2D eigenvalue weighted by molar-refractivity contribution is 8.03. The molecule has 0 spiro atoms. The van der Waals surface area contributed by atoms with E-state index in [4.69, 9.17) is 16.6 Å². The maximum Gasteiger partial charge on any atom is 0.180 e. The average Bonchev–Trinajstić information content (AvgIpc) is 2.73. The second kappa shape index (κ2) is 9.69. The Hall–Kier alpha value is -2.96. The van der Waals surface area contributed by atoms with E-state index in [0.717, 1.165) is 28.5 Å². The molecular weight excluding hydrogens is 390 g/mol. The maximum absolute atomic E-state index is 6.49. The second-order valence-corrected chi connectivity index (χ2v) is 8.26. The Labute approximate surface area is 183 Å². The predicted molar refractivity (Wildman–Crippen MR) is 129 cm³/mol. The highest BCUT2D eigenvalue weighted by Crippen LogP contribution is 2.34. The van der Waals surface area contributed by atoms with Crippen LogP contribution in [0.1, 0.15) is 25.0 Å². The molecule has 0 amide bonds. The Morgan fingerprint density at radius 2 is 1.93 bits per heavy atom. The second-order valence-electron chi connectivity index (χ2n) is 7.15. The van der Waals surface area contributed by atoms with Gasteiger partial charge in [-0.1, -0.05) is 59.8 Å². The Morgan fingerprint density at radius 1 is 1.17 bits per heavy atom. The third-order valence-electron chi connectivity index (χ3n) is 4.82. The topological polar surface area (TPSA) is 70.9 Å². The molecule has 4 N–H and O–H groups in total. The van der Waals surface area contributed by atoms with Gasteiger partial charge in [0, 0.05) is 24.1 Å². The number of rotatable bonds is 5. The lowest BCUT2D eigenvalue weighted by Gasteiger charge is -2.32. The van der Waals surface area contributed by atoms with Gasteiger partial charge in [-0.05, 0) is 50.6 Å². The number of hydrazine groups is 1. The molecule has 0 saturated carbocycles. The number of anilines is 1. The summed E-state index contributed by atoms with van der Waals surface area (Å²) in [4.78, 5) is 8.08. The van der Waals surface area contributed by atoms with E-state index in [2.05, 4.69) is 36.1 Å². The standard InChI is InChI=1S/C24H29N5S/c1-5-10-18(6-2)16-28(4)23-20-13-7-8-14-21(20)29(26)24(27-23)22(25)30-19-12-9-11-17(3)15-19/h5-15H,16,25-26H2,1-4H3/b10-5-,18-6+,24-22+. The molecule has 0 unspecified atom stereocenters. The van der Waals surface area contributed by atoms with Crippen LogP contribution in [0.15, 0.2) is 93.1 Å². The number of amidine groups is 1. The van der Waals surface area contributed by atoms with Gasteiger partial charge in [0.15, 0.2) is 5.82 Å². The molecule has 0 aromatic heterocycles. The Morgan fingerprint density at radius 3 is 2.63 bits per heavy atom. The Kier molecular flexibility index (Phi) is 7.03. The molecule has 0 aliphatic carbocycles. The monoisotopic (exact) mass is 419 g/mol. The van der Waals surface area contributed by atoms with E-state index in [1.165, 1.54) is 22.9 Å². The summed E-state index contributed by atoms with van der Waals surface area (Å²) in [6.45, 7) is 6.86. The van der Waals surface area contributed by atoms with Gasteiger partial charge in [-0.25, -0.2) is 10.8 Å². The highest BCUT2D eigenvalue weighted by Gasteiger charge is 2.26. The van der Waals surface area contributed by atoms with Crippen LogP contribution in [0.25, 0.3) is 0 Å². The number of thioether (sulfide) groups is 1. The quantitative estimate of drug-likeness (QED) is 0.415. The number of likely N-dealkylation sites (N-methyl/N-ethyl adjacent to an activating group) is 1. The van der Waals surface area contributed by atoms with Crippen LogP contribution in [0.2, 0.25) is 0 Å². The molecule has 6 heteroatoms. The molecule has 1 aliphatic heterocycles. The van der Waals surface area contributed by atoms with Crippen LogP contribution in [0.4, 0.5) is 5.69 Å². The summed E-state index contributed by atoms with van der Waals surface area (Å²) < 4.78 is 0. The molecule has 2 aromatic rings. The van der Waals surface area contributed by atoms with E-state index in [1.807, 2.05) is 63.4 Å². The fraction of sp³-hybridized carbons (Fsp3) is 0.208. The van der Waals surface area contributed by atoms with Gasteiger partial charge in [-0.3, -0.25) is 5.01 Å². The van der Waals surface area contributed by atoms with E-state index in [9.17, 15) is 0 Å². The molecule has 0 bridgehead atoms. The van der Waals surface area contributed by atoms with E-state index in [-0.39, 0.29) is 0 Å². The van der Waals surface area contributed by atoms with Crippen LogP contribution in [0, 0.1) is 6.92 Å². The van der Waals surface area contributed by atoms with Gasteiger partial charge in [0.2, 0.25) is 0 Å². The van der Waals surface area contributed by atoms with Gasteiger partial charge in [0.1, 0.15) is 10.9 Å². The number of nitrogens with zero attached hydrogens (tertiary/aromatic N) is 3.